The van der Waals surface area contributed by atoms with E-state index < -0.39 is 11.8 Å². The third-order valence-corrected chi connectivity index (χ3v) is 7.74. The van der Waals surface area contributed by atoms with E-state index in [-0.39, 0.29) is 29.4 Å². The first-order chi connectivity index (χ1) is 18.0. The zero-order valence-electron chi connectivity index (χ0n) is 20.8. The molecule has 1 saturated heterocycles. The Hall–Kier alpha value is -4.25. The number of carbonyl (C=O) groups is 3. The van der Waals surface area contributed by atoms with Crippen LogP contribution in [0.5, 0.6) is 5.75 Å². The van der Waals surface area contributed by atoms with Crippen molar-refractivity contribution in [2.45, 2.75) is 13.8 Å². The van der Waals surface area contributed by atoms with Crippen LogP contribution in [0.4, 0.5) is 5.69 Å². The van der Waals surface area contributed by atoms with Crippen LogP contribution < -0.4 is 9.64 Å². The van der Waals surface area contributed by atoms with Crippen LogP contribution in [-0.4, -0.2) is 24.2 Å². The lowest BCUT2D eigenvalue weighted by molar-refractivity contribution is -0.123. The summed E-state index contributed by atoms with van der Waals surface area (Å²) in [5, 5.41) is 0. The van der Waals surface area contributed by atoms with Crippen molar-refractivity contribution in [2.75, 3.05) is 11.5 Å². The third kappa shape index (κ3) is 3.57. The number of hydrogen-bond donors (Lipinski definition) is 0. The first-order valence-corrected chi connectivity index (χ1v) is 12.7. The number of benzene rings is 3. The van der Waals surface area contributed by atoms with Crippen molar-refractivity contribution < 1.29 is 19.1 Å². The molecule has 0 radical (unpaired) electrons. The molecule has 5 nitrogen and oxygen atoms in total. The quantitative estimate of drug-likeness (QED) is 0.253. The molecule has 37 heavy (non-hydrogen) atoms. The number of allylic oxidation sites excluding steroid dienone is 3. The highest BCUT2D eigenvalue weighted by Gasteiger charge is 2.62. The first-order valence-electron chi connectivity index (χ1n) is 12.7. The summed E-state index contributed by atoms with van der Waals surface area (Å²) in [6.45, 7) is 3.70. The second-order valence-corrected chi connectivity index (χ2v) is 9.73. The van der Waals surface area contributed by atoms with Gasteiger partial charge in [0.05, 0.1) is 24.1 Å². The van der Waals surface area contributed by atoms with Crippen molar-refractivity contribution in [1.82, 2.24) is 0 Å². The maximum Gasteiger partial charge on any atom is 0.238 e. The average Bonchev–Trinajstić information content (AvgIpc) is 3.55. The minimum absolute atomic E-state index is 0.133. The second kappa shape index (κ2) is 9.00. The van der Waals surface area contributed by atoms with Crippen molar-refractivity contribution >= 4 is 28.9 Å². The van der Waals surface area contributed by atoms with Gasteiger partial charge in [-0.15, -0.1) is 0 Å². The summed E-state index contributed by atoms with van der Waals surface area (Å²) < 4.78 is 5.76. The van der Waals surface area contributed by atoms with E-state index in [4.69, 9.17) is 4.74 Å². The largest absolute Gasteiger partial charge is 0.492 e. The summed E-state index contributed by atoms with van der Waals surface area (Å²) in [4.78, 5) is 41.3. The maximum absolute atomic E-state index is 14.0. The lowest BCUT2D eigenvalue weighted by Gasteiger charge is -2.23. The summed E-state index contributed by atoms with van der Waals surface area (Å²) in [5.41, 5.74) is 5.18. The third-order valence-electron chi connectivity index (χ3n) is 7.74. The normalized spacial score (nSPS) is 23.5. The molecule has 2 amide bonds. The molecule has 1 aliphatic heterocycles. The molecule has 0 spiro atoms. The number of anilines is 1. The number of imide groups is 1. The number of Topliss-reactive ketones (excluding diaryl/α,β-unsaturated/α-hetero) is 1. The SMILES string of the molecule is CCOc1ccc(C(C)=O)cc1N1C(=O)[C@@H]2[C@@H](C1=O)[C@H]1C=C[C@@H]2C1=C(c1ccccc1)c1ccccc1. The zero-order chi connectivity index (χ0) is 25.7. The Labute approximate surface area is 216 Å². The van der Waals surface area contributed by atoms with E-state index in [2.05, 4.69) is 36.4 Å². The molecule has 6 rings (SSSR count). The molecular weight excluding hydrogens is 462 g/mol. The van der Waals surface area contributed by atoms with Gasteiger partial charge < -0.3 is 4.74 Å². The van der Waals surface area contributed by atoms with Gasteiger partial charge in [0.15, 0.2) is 5.78 Å². The molecule has 3 aliphatic rings. The molecule has 0 unspecified atom stereocenters. The molecule has 2 fully saturated rings. The van der Waals surface area contributed by atoms with Crippen LogP contribution in [0.3, 0.4) is 0 Å². The van der Waals surface area contributed by atoms with Crippen molar-refractivity contribution in [3.05, 3.63) is 113 Å². The van der Waals surface area contributed by atoms with E-state index >= 15 is 0 Å². The molecule has 4 atom stereocenters. The van der Waals surface area contributed by atoms with Crippen LogP contribution in [-0.2, 0) is 9.59 Å². The molecule has 2 bridgehead atoms. The van der Waals surface area contributed by atoms with Gasteiger partial charge in [0.1, 0.15) is 5.75 Å². The van der Waals surface area contributed by atoms with Crippen molar-refractivity contribution in [3.63, 3.8) is 0 Å². The highest BCUT2D eigenvalue weighted by atomic mass is 16.5. The topological polar surface area (TPSA) is 63.7 Å². The van der Waals surface area contributed by atoms with Gasteiger partial charge in [-0.2, -0.15) is 0 Å². The predicted octanol–water partition coefficient (Wildman–Crippen LogP) is 5.71. The fourth-order valence-electron chi connectivity index (χ4n) is 6.23. The summed E-state index contributed by atoms with van der Waals surface area (Å²) in [6, 6.07) is 25.3. The highest BCUT2D eigenvalue weighted by molar-refractivity contribution is 6.24. The molecule has 184 valence electrons. The van der Waals surface area contributed by atoms with Gasteiger partial charge in [-0.3, -0.25) is 14.4 Å². The predicted molar refractivity (Wildman–Crippen MR) is 142 cm³/mol. The summed E-state index contributed by atoms with van der Waals surface area (Å²) in [7, 11) is 0. The van der Waals surface area contributed by atoms with Gasteiger partial charge in [-0.1, -0.05) is 72.8 Å². The van der Waals surface area contributed by atoms with E-state index in [1.165, 1.54) is 11.8 Å². The number of carbonyl (C=O) groups excluding carboxylic acids is 3. The van der Waals surface area contributed by atoms with Crippen LogP contribution in [0, 0.1) is 23.7 Å². The number of fused-ring (bicyclic) bond motifs is 5. The molecule has 5 heteroatoms. The molecule has 1 saturated carbocycles. The molecule has 0 N–H and O–H groups in total. The molecular formula is C32H27NO4. The minimum atomic E-state index is -0.476. The Morgan fingerprint density at radius 2 is 1.32 bits per heavy atom. The Morgan fingerprint density at radius 3 is 1.81 bits per heavy atom. The van der Waals surface area contributed by atoms with Crippen LogP contribution in [0.2, 0.25) is 0 Å². The Balaban J connectivity index is 1.47. The van der Waals surface area contributed by atoms with Gasteiger partial charge >= 0.3 is 0 Å². The number of nitrogens with zero attached hydrogens (tertiary/aromatic N) is 1. The van der Waals surface area contributed by atoms with E-state index in [9.17, 15) is 14.4 Å². The van der Waals surface area contributed by atoms with Crippen molar-refractivity contribution in [3.8, 4) is 5.75 Å². The van der Waals surface area contributed by atoms with Crippen LogP contribution in [0.25, 0.3) is 5.57 Å². The fourth-order valence-corrected chi connectivity index (χ4v) is 6.23. The lowest BCUT2D eigenvalue weighted by Crippen LogP contribution is -2.34. The summed E-state index contributed by atoms with van der Waals surface area (Å²) in [6.07, 6.45) is 4.19. The monoisotopic (exact) mass is 489 g/mol. The minimum Gasteiger partial charge on any atom is -0.492 e. The highest BCUT2D eigenvalue weighted by Crippen LogP contribution is 2.59. The summed E-state index contributed by atoms with van der Waals surface area (Å²) in [5.74, 6) is -1.45. The van der Waals surface area contributed by atoms with Gasteiger partial charge in [0.25, 0.3) is 0 Å². The second-order valence-electron chi connectivity index (χ2n) is 9.73. The van der Waals surface area contributed by atoms with Gasteiger partial charge in [-0.05, 0) is 54.3 Å². The Morgan fingerprint density at radius 1 is 0.784 bits per heavy atom. The fraction of sp³-hybridized carbons (Fsp3) is 0.219. The maximum atomic E-state index is 14.0. The van der Waals surface area contributed by atoms with Crippen LogP contribution in [0.1, 0.15) is 35.3 Å². The zero-order valence-corrected chi connectivity index (χ0v) is 20.8. The average molecular weight is 490 g/mol. The van der Waals surface area contributed by atoms with Crippen molar-refractivity contribution in [1.29, 1.82) is 0 Å². The summed E-state index contributed by atoms with van der Waals surface area (Å²) >= 11 is 0. The molecule has 0 aromatic heterocycles. The number of hydrogen-bond acceptors (Lipinski definition) is 4. The first kappa shape index (κ1) is 23.2. The van der Waals surface area contributed by atoms with Gasteiger partial charge in [0.2, 0.25) is 11.8 Å². The van der Waals surface area contributed by atoms with Gasteiger partial charge in [0, 0.05) is 17.4 Å². The van der Waals surface area contributed by atoms with Crippen LogP contribution in [0.15, 0.2) is 96.6 Å². The molecule has 2 aliphatic carbocycles. The molecule has 3 aromatic rings. The van der Waals surface area contributed by atoms with E-state index in [0.29, 0.717) is 23.6 Å². The number of ketones is 1. The molecule has 3 aromatic carbocycles. The van der Waals surface area contributed by atoms with Gasteiger partial charge in [-0.25, -0.2) is 4.90 Å². The standard InChI is InChI=1S/C32H27NO4/c1-3-37-26-17-14-22(19(2)34)18-25(26)33-31(35)29-23-15-16-24(30(29)32(33)36)28(23)27(20-10-6-4-7-11-20)21-12-8-5-9-13-21/h4-18,23-24,29-30H,3H2,1-2H3/t23-,24+,29-,30-/m0/s1. The molecule has 1 heterocycles. The van der Waals surface area contributed by atoms with E-state index in [0.717, 1.165) is 22.3 Å². The smallest absolute Gasteiger partial charge is 0.238 e. The Bertz CT molecular complexity index is 1400. The number of rotatable bonds is 6. The van der Waals surface area contributed by atoms with E-state index in [1.807, 2.05) is 43.3 Å². The number of ether oxygens (including phenoxy) is 1. The Kier molecular flexibility index (Phi) is 5.64. The van der Waals surface area contributed by atoms with Crippen molar-refractivity contribution in [2.24, 2.45) is 23.7 Å². The van der Waals surface area contributed by atoms with Crippen LogP contribution >= 0.6 is 0 Å². The number of amides is 2. The van der Waals surface area contributed by atoms with E-state index in [1.54, 1.807) is 18.2 Å². The lowest BCUT2D eigenvalue weighted by atomic mass is 9.85.